The first-order chi connectivity index (χ1) is 5.06. The van der Waals surface area contributed by atoms with Gasteiger partial charge < -0.3 is 0 Å². The number of hydrogen-bond acceptors (Lipinski definition) is 0. The molecule has 0 aromatic carbocycles. The van der Waals surface area contributed by atoms with Gasteiger partial charge in [-0.3, -0.25) is 0 Å². The van der Waals surface area contributed by atoms with Gasteiger partial charge >= 0.3 is 0 Å². The Morgan fingerprint density at radius 2 is 1.82 bits per heavy atom. The Morgan fingerprint density at radius 1 is 1.27 bits per heavy atom. The van der Waals surface area contributed by atoms with Crippen LogP contribution in [0.3, 0.4) is 0 Å². The molecule has 0 aliphatic rings. The van der Waals surface area contributed by atoms with E-state index in [-0.39, 0.29) is 14.0 Å². The Morgan fingerprint density at radius 3 is 2.09 bits per heavy atom. The minimum Gasteiger partial charge on any atom is -0.110 e. The summed E-state index contributed by atoms with van der Waals surface area (Å²) in [6, 6.07) is 0. The summed E-state index contributed by atoms with van der Waals surface area (Å²) in [5.41, 5.74) is 0.843. The monoisotopic (exact) mass is 212 g/mol. The van der Waals surface area contributed by atoms with Gasteiger partial charge in [-0.05, 0) is 11.5 Å². The van der Waals surface area contributed by atoms with E-state index >= 15 is 0 Å². The summed E-state index contributed by atoms with van der Waals surface area (Å²) in [5.74, 6) is 0.791. The third-order valence-corrected chi connectivity index (χ3v) is 4.90. The van der Waals surface area contributed by atoms with Crippen LogP contribution in [-0.4, -0.2) is 14.0 Å². The first kappa shape index (κ1) is 11.8. The molecular weight excluding hydrogens is 195 g/mol. The highest BCUT2D eigenvalue weighted by molar-refractivity contribution is 6.69. The average Bonchev–Trinajstić information content (AvgIpc) is 1.84. The molecule has 11 heavy (non-hydrogen) atoms. The van der Waals surface area contributed by atoms with Gasteiger partial charge in [0.25, 0.3) is 0 Å². The fraction of sp³-hybridized carbons (Fsp3) is 1.00. The summed E-state index contributed by atoms with van der Waals surface area (Å²) < 4.78 is -0.0429. The fourth-order valence-corrected chi connectivity index (χ4v) is 4.56. The second-order valence-corrected chi connectivity index (χ2v) is 8.29. The van der Waals surface area contributed by atoms with Crippen LogP contribution < -0.4 is 0 Å². The van der Waals surface area contributed by atoms with Gasteiger partial charge in [-0.2, -0.15) is 0 Å². The molecule has 0 spiro atoms. The fourth-order valence-electron chi connectivity index (χ4n) is 1.35. The Kier molecular flexibility index (Phi) is 6.79. The molecule has 0 saturated heterocycles. The molecule has 0 rings (SSSR count). The SMILES string of the molecule is CCC(CC(C)C)[SiH2]C(Cl)Cl. The van der Waals surface area contributed by atoms with Crippen molar-refractivity contribution < 1.29 is 0 Å². The number of alkyl halides is 2. The molecular formula is C8H18Cl2Si. The van der Waals surface area contributed by atoms with Crippen molar-refractivity contribution in [2.75, 3.05) is 0 Å². The molecule has 0 radical (unpaired) electrons. The standard InChI is InChI=1S/C8H18Cl2Si/c1-4-7(5-6(2)3)11-8(9)10/h6-8H,4-5,11H2,1-3H3. The molecule has 0 aromatic rings. The van der Waals surface area contributed by atoms with Gasteiger partial charge in [0.05, 0.1) is 14.0 Å². The largest absolute Gasteiger partial charge is 0.110 e. The molecule has 0 saturated carbocycles. The Balaban J connectivity index is 3.58. The van der Waals surface area contributed by atoms with Crippen LogP contribution in [0.2, 0.25) is 5.54 Å². The molecule has 0 amide bonds. The molecule has 0 aliphatic heterocycles. The zero-order valence-electron chi connectivity index (χ0n) is 7.61. The van der Waals surface area contributed by atoms with Crippen LogP contribution in [0.4, 0.5) is 0 Å². The lowest BCUT2D eigenvalue weighted by Gasteiger charge is -2.16. The van der Waals surface area contributed by atoms with Crippen LogP contribution in [0.1, 0.15) is 33.6 Å². The third kappa shape index (κ3) is 7.17. The highest BCUT2D eigenvalue weighted by Gasteiger charge is 2.12. The van der Waals surface area contributed by atoms with E-state index in [0.29, 0.717) is 0 Å². The van der Waals surface area contributed by atoms with Crippen LogP contribution in [-0.2, 0) is 0 Å². The minimum atomic E-state index is -0.252. The summed E-state index contributed by atoms with van der Waals surface area (Å²) in [4.78, 5) is 0. The molecule has 0 heterocycles. The maximum atomic E-state index is 5.76. The normalized spacial score (nSPS) is 15.5. The van der Waals surface area contributed by atoms with Crippen LogP contribution in [0, 0.1) is 5.92 Å². The lowest BCUT2D eigenvalue weighted by Crippen LogP contribution is -2.12. The molecule has 1 atom stereocenters. The summed E-state index contributed by atoms with van der Waals surface area (Å²) in [5, 5.41) is 0. The summed E-state index contributed by atoms with van der Waals surface area (Å²) in [6.07, 6.45) is 2.55. The zero-order valence-corrected chi connectivity index (χ0v) is 10.5. The van der Waals surface area contributed by atoms with Gasteiger partial charge in [0, 0.05) is 0 Å². The van der Waals surface area contributed by atoms with Crippen molar-refractivity contribution in [2.24, 2.45) is 5.92 Å². The van der Waals surface area contributed by atoms with Crippen LogP contribution in [0.15, 0.2) is 0 Å². The summed E-state index contributed by atoms with van der Waals surface area (Å²) >= 11 is 11.5. The molecule has 0 aliphatic carbocycles. The maximum Gasteiger partial charge on any atom is 0.0910 e. The van der Waals surface area contributed by atoms with E-state index in [4.69, 9.17) is 23.2 Å². The van der Waals surface area contributed by atoms with Crippen molar-refractivity contribution in [2.45, 2.75) is 43.6 Å². The molecule has 0 fully saturated rings. The first-order valence-electron chi connectivity index (χ1n) is 4.34. The van der Waals surface area contributed by atoms with E-state index in [0.717, 1.165) is 11.5 Å². The van der Waals surface area contributed by atoms with E-state index in [1.807, 2.05) is 0 Å². The highest BCUT2D eigenvalue weighted by Crippen LogP contribution is 2.22. The van der Waals surface area contributed by atoms with Crippen LogP contribution in [0.5, 0.6) is 0 Å². The predicted octanol–water partition coefficient (Wildman–Crippen LogP) is 3.16. The second kappa shape index (κ2) is 6.33. The quantitative estimate of drug-likeness (QED) is 0.486. The van der Waals surface area contributed by atoms with E-state index in [2.05, 4.69) is 20.8 Å². The Bertz CT molecular complexity index is 84.1. The molecule has 3 heteroatoms. The molecule has 0 nitrogen and oxygen atoms in total. The van der Waals surface area contributed by atoms with E-state index in [9.17, 15) is 0 Å². The molecule has 0 aromatic heterocycles. The van der Waals surface area contributed by atoms with Crippen molar-refractivity contribution in [1.82, 2.24) is 0 Å². The van der Waals surface area contributed by atoms with E-state index in [1.54, 1.807) is 0 Å². The van der Waals surface area contributed by atoms with Crippen molar-refractivity contribution in [3.05, 3.63) is 0 Å². The van der Waals surface area contributed by atoms with Gasteiger partial charge in [0.2, 0.25) is 0 Å². The van der Waals surface area contributed by atoms with Crippen LogP contribution in [0.25, 0.3) is 0 Å². The minimum absolute atomic E-state index is 0.0429. The average molecular weight is 213 g/mol. The lowest BCUT2D eigenvalue weighted by atomic mass is 10.1. The summed E-state index contributed by atoms with van der Waals surface area (Å²) in [6.45, 7) is 6.75. The highest BCUT2D eigenvalue weighted by atomic mass is 35.5. The van der Waals surface area contributed by atoms with Crippen molar-refractivity contribution in [3.8, 4) is 0 Å². The lowest BCUT2D eigenvalue weighted by molar-refractivity contribution is 0.546. The topological polar surface area (TPSA) is 0 Å². The van der Waals surface area contributed by atoms with E-state index < -0.39 is 0 Å². The van der Waals surface area contributed by atoms with Crippen LogP contribution >= 0.6 is 23.2 Å². The van der Waals surface area contributed by atoms with Crippen molar-refractivity contribution in [1.29, 1.82) is 0 Å². The first-order valence-corrected chi connectivity index (χ1v) is 6.85. The van der Waals surface area contributed by atoms with Gasteiger partial charge in [-0.25, -0.2) is 0 Å². The van der Waals surface area contributed by atoms with Crippen molar-refractivity contribution >= 4 is 32.7 Å². The molecule has 1 unspecified atom stereocenters. The van der Waals surface area contributed by atoms with Gasteiger partial charge in [0.1, 0.15) is 0 Å². The molecule has 0 N–H and O–H groups in total. The molecule has 68 valence electrons. The number of rotatable bonds is 5. The predicted molar refractivity (Wildman–Crippen MR) is 57.5 cm³/mol. The second-order valence-electron chi connectivity index (χ2n) is 3.53. The number of hydrogen-bond donors (Lipinski definition) is 0. The Hall–Kier alpha value is 0.797. The third-order valence-electron chi connectivity index (χ3n) is 1.89. The Labute approximate surface area is 82.5 Å². The number of halogens is 2. The van der Waals surface area contributed by atoms with Gasteiger partial charge in [-0.15, -0.1) is 23.2 Å². The maximum absolute atomic E-state index is 5.76. The van der Waals surface area contributed by atoms with Crippen molar-refractivity contribution in [3.63, 3.8) is 0 Å². The summed E-state index contributed by atoms with van der Waals surface area (Å²) in [7, 11) is -0.252. The van der Waals surface area contributed by atoms with E-state index in [1.165, 1.54) is 12.8 Å². The van der Waals surface area contributed by atoms with Gasteiger partial charge in [0.15, 0.2) is 0 Å². The zero-order chi connectivity index (χ0) is 8.85. The smallest absolute Gasteiger partial charge is 0.0910 e. The van der Waals surface area contributed by atoms with Gasteiger partial charge in [-0.1, -0.05) is 33.6 Å². The molecule has 0 bridgehead atoms.